The average Bonchev–Trinajstić information content (AvgIpc) is 2.50. The highest BCUT2D eigenvalue weighted by Gasteiger charge is 2.14. The summed E-state index contributed by atoms with van der Waals surface area (Å²) in [4.78, 5) is 11.7. The van der Waals surface area contributed by atoms with Crippen LogP contribution >= 0.6 is 0 Å². The number of sulfonamides is 1. The number of hydrogen-bond donors (Lipinski definition) is 2. The average molecular weight is 311 g/mol. The second-order valence-electron chi connectivity index (χ2n) is 4.74. The molecule has 21 heavy (non-hydrogen) atoms. The molecule has 1 rings (SSSR count). The first-order valence-corrected chi connectivity index (χ1v) is 8.23. The highest BCUT2D eigenvalue weighted by Crippen LogP contribution is 2.06. The van der Waals surface area contributed by atoms with Gasteiger partial charge in [0.15, 0.2) is 0 Å². The van der Waals surface area contributed by atoms with Crippen molar-refractivity contribution >= 4 is 21.6 Å². The lowest BCUT2D eigenvalue weighted by Gasteiger charge is -2.08. The number of benzene rings is 1. The Balaban J connectivity index is 2.54. The van der Waals surface area contributed by atoms with Crippen molar-refractivity contribution < 1.29 is 13.2 Å². The molecule has 6 nitrogen and oxygen atoms in total. The Morgan fingerprint density at radius 2 is 1.90 bits per heavy atom. The van der Waals surface area contributed by atoms with Crippen LogP contribution in [0.25, 0.3) is 0 Å². The van der Waals surface area contributed by atoms with E-state index in [9.17, 15) is 13.2 Å². The molecule has 0 aliphatic carbocycles. The minimum Gasteiger partial charge on any atom is -0.272 e. The Morgan fingerprint density at radius 1 is 1.29 bits per heavy atom. The second-order valence-corrected chi connectivity index (χ2v) is 6.50. The maximum atomic E-state index is 11.9. The Bertz CT molecular complexity index is 597. The molecular formula is C14H21N3O3S. The van der Waals surface area contributed by atoms with E-state index in [1.807, 2.05) is 20.8 Å². The van der Waals surface area contributed by atoms with E-state index in [-0.39, 0.29) is 17.4 Å². The van der Waals surface area contributed by atoms with Crippen LogP contribution in [0.2, 0.25) is 0 Å². The Kier molecular flexibility index (Phi) is 6.51. The SMILES string of the molecule is CC[C@H](C)/C(C)=N\NC(=O)CNS(=O)(=O)c1ccccc1. The van der Waals surface area contributed by atoms with Crippen molar-refractivity contribution in [2.45, 2.75) is 32.1 Å². The first kappa shape index (κ1) is 17.3. The molecule has 1 amide bonds. The van der Waals surface area contributed by atoms with Gasteiger partial charge >= 0.3 is 0 Å². The van der Waals surface area contributed by atoms with E-state index in [0.717, 1.165) is 12.1 Å². The maximum absolute atomic E-state index is 11.9. The van der Waals surface area contributed by atoms with Gasteiger partial charge in [-0.15, -0.1) is 0 Å². The third-order valence-corrected chi connectivity index (χ3v) is 4.58. The zero-order chi connectivity index (χ0) is 15.9. The molecule has 116 valence electrons. The normalized spacial score (nSPS) is 13.8. The van der Waals surface area contributed by atoms with Gasteiger partial charge in [-0.05, 0) is 31.4 Å². The topological polar surface area (TPSA) is 87.6 Å². The molecule has 7 heteroatoms. The van der Waals surface area contributed by atoms with Crippen molar-refractivity contribution in [1.82, 2.24) is 10.1 Å². The van der Waals surface area contributed by atoms with E-state index >= 15 is 0 Å². The fourth-order valence-electron chi connectivity index (χ4n) is 1.44. The van der Waals surface area contributed by atoms with Gasteiger partial charge in [0.25, 0.3) is 5.91 Å². The lowest BCUT2D eigenvalue weighted by Crippen LogP contribution is -2.35. The van der Waals surface area contributed by atoms with Gasteiger partial charge in [0, 0.05) is 5.71 Å². The zero-order valence-corrected chi connectivity index (χ0v) is 13.3. The molecule has 0 radical (unpaired) electrons. The van der Waals surface area contributed by atoms with Gasteiger partial charge in [-0.3, -0.25) is 4.79 Å². The van der Waals surface area contributed by atoms with Crippen molar-refractivity contribution in [2.75, 3.05) is 6.54 Å². The summed E-state index contributed by atoms with van der Waals surface area (Å²) < 4.78 is 26.0. The van der Waals surface area contributed by atoms with Crippen molar-refractivity contribution in [1.29, 1.82) is 0 Å². The zero-order valence-electron chi connectivity index (χ0n) is 12.5. The van der Waals surface area contributed by atoms with E-state index in [0.29, 0.717) is 0 Å². The second kappa shape index (κ2) is 7.90. The molecule has 1 aromatic rings. The molecule has 0 bridgehead atoms. The largest absolute Gasteiger partial charge is 0.272 e. The van der Waals surface area contributed by atoms with Crippen LogP contribution < -0.4 is 10.1 Å². The number of nitrogens with one attached hydrogen (secondary N) is 2. The van der Waals surface area contributed by atoms with Crippen LogP contribution in [0.3, 0.4) is 0 Å². The first-order valence-electron chi connectivity index (χ1n) is 6.74. The van der Waals surface area contributed by atoms with E-state index < -0.39 is 15.9 Å². The molecule has 0 aliphatic rings. The molecule has 0 saturated heterocycles. The molecule has 0 aromatic heterocycles. The lowest BCUT2D eigenvalue weighted by atomic mass is 10.1. The predicted molar refractivity (Wildman–Crippen MR) is 82.3 cm³/mol. The van der Waals surface area contributed by atoms with Crippen LogP contribution in [-0.4, -0.2) is 26.6 Å². The standard InChI is InChI=1S/C14H21N3O3S/c1-4-11(2)12(3)16-17-14(18)10-15-21(19,20)13-8-6-5-7-9-13/h5-9,11,15H,4,10H2,1-3H3,(H,17,18)/b16-12-/t11-/m0/s1. The summed E-state index contributed by atoms with van der Waals surface area (Å²) in [6.45, 7) is 5.50. The molecule has 0 heterocycles. The number of carbonyl (C=O) groups excluding carboxylic acids is 1. The molecule has 0 fully saturated rings. The quantitative estimate of drug-likeness (QED) is 0.591. The highest BCUT2D eigenvalue weighted by molar-refractivity contribution is 7.89. The van der Waals surface area contributed by atoms with E-state index in [2.05, 4.69) is 15.2 Å². The molecule has 1 atom stereocenters. The number of hydrogen-bond acceptors (Lipinski definition) is 4. The summed E-state index contributed by atoms with van der Waals surface area (Å²) in [5.74, 6) is -0.233. The van der Waals surface area contributed by atoms with Gasteiger partial charge in [0.2, 0.25) is 10.0 Å². The molecule has 0 saturated carbocycles. The highest BCUT2D eigenvalue weighted by atomic mass is 32.2. The molecular weight excluding hydrogens is 290 g/mol. The first-order chi connectivity index (χ1) is 9.86. The monoisotopic (exact) mass is 311 g/mol. The number of rotatable bonds is 7. The van der Waals surface area contributed by atoms with Crippen molar-refractivity contribution in [3.63, 3.8) is 0 Å². The summed E-state index contributed by atoms with van der Waals surface area (Å²) in [5.41, 5.74) is 3.15. The van der Waals surface area contributed by atoms with Gasteiger partial charge in [0.05, 0.1) is 11.4 Å². The Morgan fingerprint density at radius 3 is 2.48 bits per heavy atom. The van der Waals surface area contributed by atoms with Crippen LogP contribution in [0.4, 0.5) is 0 Å². The number of carbonyl (C=O) groups is 1. The number of nitrogens with zero attached hydrogens (tertiary/aromatic N) is 1. The molecule has 0 unspecified atom stereocenters. The minimum absolute atomic E-state index is 0.122. The molecule has 1 aromatic carbocycles. The van der Waals surface area contributed by atoms with Crippen molar-refractivity contribution in [2.24, 2.45) is 11.0 Å². The van der Waals surface area contributed by atoms with Crippen LogP contribution in [0, 0.1) is 5.92 Å². The number of hydrazone groups is 1. The van der Waals surface area contributed by atoms with Crippen molar-refractivity contribution in [3.05, 3.63) is 30.3 Å². The van der Waals surface area contributed by atoms with Gasteiger partial charge in [0.1, 0.15) is 0 Å². The number of amides is 1. The van der Waals surface area contributed by atoms with E-state index in [4.69, 9.17) is 0 Å². The third kappa shape index (κ3) is 5.65. The molecule has 0 spiro atoms. The van der Waals surface area contributed by atoms with Gasteiger partial charge in [-0.1, -0.05) is 32.0 Å². The minimum atomic E-state index is -3.67. The van der Waals surface area contributed by atoms with Crippen molar-refractivity contribution in [3.8, 4) is 0 Å². The van der Waals surface area contributed by atoms with Gasteiger partial charge < -0.3 is 0 Å². The predicted octanol–water partition coefficient (Wildman–Crippen LogP) is 1.50. The van der Waals surface area contributed by atoms with Gasteiger partial charge in [-0.2, -0.15) is 5.10 Å². The van der Waals surface area contributed by atoms with Crippen LogP contribution in [0.5, 0.6) is 0 Å². The summed E-state index contributed by atoms with van der Waals surface area (Å²) in [6, 6.07) is 7.89. The molecule has 2 N–H and O–H groups in total. The fourth-order valence-corrected chi connectivity index (χ4v) is 2.44. The molecule has 0 aliphatic heterocycles. The van der Waals surface area contributed by atoms with E-state index in [1.54, 1.807) is 18.2 Å². The van der Waals surface area contributed by atoms with Crippen LogP contribution in [0.1, 0.15) is 27.2 Å². The van der Waals surface area contributed by atoms with Crippen LogP contribution in [-0.2, 0) is 14.8 Å². The fraction of sp³-hybridized carbons (Fsp3) is 0.429. The Labute approximate surface area is 125 Å². The van der Waals surface area contributed by atoms with Crippen LogP contribution in [0.15, 0.2) is 40.3 Å². The summed E-state index contributed by atoms with van der Waals surface area (Å²) in [7, 11) is -3.67. The van der Waals surface area contributed by atoms with E-state index in [1.165, 1.54) is 12.1 Å². The summed E-state index contributed by atoms with van der Waals surface area (Å²) >= 11 is 0. The Hall–Kier alpha value is -1.73. The third-order valence-electron chi connectivity index (χ3n) is 3.16. The maximum Gasteiger partial charge on any atom is 0.255 e. The van der Waals surface area contributed by atoms with Gasteiger partial charge in [-0.25, -0.2) is 18.6 Å². The summed E-state index contributed by atoms with van der Waals surface area (Å²) in [5, 5.41) is 3.95. The smallest absolute Gasteiger partial charge is 0.255 e. The lowest BCUT2D eigenvalue weighted by molar-refractivity contribution is -0.119. The summed E-state index contributed by atoms with van der Waals surface area (Å²) in [6.07, 6.45) is 0.922.